The minimum Gasteiger partial charge on any atom is -0.481 e. The maximum atomic E-state index is 12.1. The van der Waals surface area contributed by atoms with E-state index in [-0.39, 0.29) is 18.3 Å². The number of carbonyl (C=O) groups is 2. The first kappa shape index (κ1) is 18.5. The number of hydrogen-bond donors (Lipinski definition) is 2. The van der Waals surface area contributed by atoms with Crippen LogP contribution in [0.5, 0.6) is 0 Å². The summed E-state index contributed by atoms with van der Waals surface area (Å²) >= 11 is 0. The van der Waals surface area contributed by atoms with Gasteiger partial charge in [-0.2, -0.15) is 0 Å². The highest BCUT2D eigenvalue weighted by Gasteiger charge is 2.56. The predicted octanol–water partition coefficient (Wildman–Crippen LogP) is 4.13. The first-order valence-electron chi connectivity index (χ1n) is 8.01. The summed E-state index contributed by atoms with van der Waals surface area (Å²) in [4.78, 5) is 24.2. The van der Waals surface area contributed by atoms with Gasteiger partial charge in [0.25, 0.3) is 0 Å². The topological polar surface area (TPSA) is 74.6 Å². The van der Waals surface area contributed by atoms with Crippen molar-refractivity contribution in [3.05, 3.63) is 24.3 Å². The second-order valence-corrected chi connectivity index (χ2v) is 6.70. The molecule has 4 nitrogen and oxygen atoms in total. The number of carboxylic acids is 2. The third-order valence-corrected chi connectivity index (χ3v) is 5.70. The summed E-state index contributed by atoms with van der Waals surface area (Å²) in [6.07, 6.45) is 5.24. The molecule has 0 aromatic rings. The highest BCUT2D eigenvalue weighted by Crippen LogP contribution is 2.54. The van der Waals surface area contributed by atoms with E-state index in [9.17, 15) is 19.8 Å². The Kier molecular flexibility index (Phi) is 5.60. The second-order valence-electron chi connectivity index (χ2n) is 6.70. The fraction of sp³-hybridized carbons (Fsp3) is 0.667. The summed E-state index contributed by atoms with van der Waals surface area (Å²) in [5, 5.41) is 19.8. The molecule has 0 aromatic heterocycles. The van der Waals surface area contributed by atoms with Gasteiger partial charge in [-0.25, -0.2) is 0 Å². The molecule has 0 saturated heterocycles. The SMILES string of the molecule is C=CC1=CC(C(=O)O)(C(C)CC)CC(C(=O)O)(C(C)CC)C1. The molecule has 22 heavy (non-hydrogen) atoms. The molecule has 2 N–H and O–H groups in total. The fourth-order valence-corrected chi connectivity index (χ4v) is 3.64. The Labute approximate surface area is 132 Å². The molecule has 124 valence electrons. The van der Waals surface area contributed by atoms with Crippen LogP contribution in [0.2, 0.25) is 0 Å². The molecule has 1 aliphatic carbocycles. The zero-order chi connectivity index (χ0) is 17.1. The minimum absolute atomic E-state index is 0.101. The van der Waals surface area contributed by atoms with Crippen molar-refractivity contribution in [2.24, 2.45) is 22.7 Å². The molecule has 0 spiro atoms. The number of allylic oxidation sites excluding steroid dienone is 2. The Hall–Kier alpha value is -1.58. The molecule has 0 bridgehead atoms. The molecule has 0 radical (unpaired) electrons. The molecule has 0 amide bonds. The van der Waals surface area contributed by atoms with Gasteiger partial charge in [-0.3, -0.25) is 9.59 Å². The summed E-state index contributed by atoms with van der Waals surface area (Å²) < 4.78 is 0. The van der Waals surface area contributed by atoms with Gasteiger partial charge < -0.3 is 10.2 Å². The molecule has 4 unspecified atom stereocenters. The van der Waals surface area contributed by atoms with Crippen LogP contribution in [0.3, 0.4) is 0 Å². The lowest BCUT2D eigenvalue weighted by molar-refractivity contribution is -0.162. The van der Waals surface area contributed by atoms with Crippen molar-refractivity contribution >= 4 is 11.9 Å². The zero-order valence-electron chi connectivity index (χ0n) is 14.1. The summed E-state index contributed by atoms with van der Waals surface area (Å²) in [5.41, 5.74) is -1.45. The molecule has 4 heteroatoms. The van der Waals surface area contributed by atoms with Crippen LogP contribution in [0.15, 0.2) is 24.3 Å². The Bertz CT molecular complexity index is 493. The normalized spacial score (nSPS) is 31.0. The standard InChI is InChI=1S/C18H28O4/c1-6-12(4)17(15(19)20)9-14(8-3)10-18(11-17,16(21)22)13(5)7-2/h8-9,12-13H,3,6-7,10-11H2,1-2,4-5H3,(H,19,20)(H,21,22). The Balaban J connectivity index is 3.57. The third-order valence-electron chi connectivity index (χ3n) is 5.70. The molecule has 0 fully saturated rings. The quantitative estimate of drug-likeness (QED) is 0.741. The first-order valence-corrected chi connectivity index (χ1v) is 8.01. The second kappa shape index (κ2) is 6.67. The van der Waals surface area contributed by atoms with Gasteiger partial charge in [-0.05, 0) is 24.7 Å². The van der Waals surface area contributed by atoms with E-state index in [4.69, 9.17) is 0 Å². The summed E-state index contributed by atoms with van der Waals surface area (Å²) in [7, 11) is 0. The highest BCUT2D eigenvalue weighted by atomic mass is 16.4. The maximum Gasteiger partial charge on any atom is 0.313 e. The molecule has 4 atom stereocenters. The Morgan fingerprint density at radius 1 is 1.23 bits per heavy atom. The molecule has 0 aliphatic heterocycles. The molecule has 0 aromatic carbocycles. The van der Waals surface area contributed by atoms with Gasteiger partial charge >= 0.3 is 11.9 Å². The van der Waals surface area contributed by atoms with E-state index in [0.29, 0.717) is 19.3 Å². The Morgan fingerprint density at radius 3 is 2.14 bits per heavy atom. The average Bonchev–Trinajstić information content (AvgIpc) is 2.51. The van der Waals surface area contributed by atoms with Gasteiger partial charge in [-0.15, -0.1) is 0 Å². The molecule has 1 rings (SSSR count). The van der Waals surface area contributed by atoms with E-state index in [1.807, 2.05) is 27.7 Å². The number of hydrogen-bond acceptors (Lipinski definition) is 2. The van der Waals surface area contributed by atoms with E-state index in [1.54, 1.807) is 12.2 Å². The van der Waals surface area contributed by atoms with E-state index < -0.39 is 22.8 Å². The minimum atomic E-state index is -1.14. The van der Waals surface area contributed by atoms with Gasteiger partial charge in [0.1, 0.15) is 0 Å². The van der Waals surface area contributed by atoms with Crippen LogP contribution in [0.1, 0.15) is 53.4 Å². The van der Waals surface area contributed by atoms with Crippen LogP contribution in [0.4, 0.5) is 0 Å². The molecular formula is C18H28O4. The van der Waals surface area contributed by atoms with Crippen molar-refractivity contribution in [3.63, 3.8) is 0 Å². The number of aliphatic carboxylic acids is 2. The molecule has 0 saturated carbocycles. The average molecular weight is 308 g/mol. The Morgan fingerprint density at radius 2 is 1.77 bits per heavy atom. The van der Waals surface area contributed by atoms with Crippen LogP contribution in [0.25, 0.3) is 0 Å². The fourth-order valence-electron chi connectivity index (χ4n) is 3.64. The van der Waals surface area contributed by atoms with Crippen molar-refractivity contribution in [1.29, 1.82) is 0 Å². The van der Waals surface area contributed by atoms with Gasteiger partial charge in [-0.1, -0.05) is 64.8 Å². The van der Waals surface area contributed by atoms with Crippen molar-refractivity contribution in [2.45, 2.75) is 53.4 Å². The zero-order valence-corrected chi connectivity index (χ0v) is 14.1. The lowest BCUT2D eigenvalue weighted by Gasteiger charge is -2.47. The van der Waals surface area contributed by atoms with E-state index in [1.165, 1.54) is 0 Å². The van der Waals surface area contributed by atoms with Crippen LogP contribution in [-0.2, 0) is 9.59 Å². The van der Waals surface area contributed by atoms with Gasteiger partial charge in [0.05, 0.1) is 10.8 Å². The number of rotatable bonds is 7. The number of carboxylic acid groups (broad SMARTS) is 2. The lowest BCUT2D eigenvalue weighted by atomic mass is 9.55. The van der Waals surface area contributed by atoms with E-state index in [2.05, 4.69) is 6.58 Å². The first-order chi connectivity index (χ1) is 10.2. The van der Waals surface area contributed by atoms with Crippen LogP contribution >= 0.6 is 0 Å². The van der Waals surface area contributed by atoms with Crippen molar-refractivity contribution in [1.82, 2.24) is 0 Å². The van der Waals surface area contributed by atoms with Crippen LogP contribution in [0, 0.1) is 22.7 Å². The largest absolute Gasteiger partial charge is 0.481 e. The molecule has 0 heterocycles. The predicted molar refractivity (Wildman–Crippen MR) is 86.6 cm³/mol. The summed E-state index contributed by atoms with van der Waals surface area (Å²) in [5.74, 6) is -2.07. The lowest BCUT2D eigenvalue weighted by Crippen LogP contribution is -2.50. The van der Waals surface area contributed by atoms with E-state index >= 15 is 0 Å². The maximum absolute atomic E-state index is 12.1. The summed E-state index contributed by atoms with van der Waals surface area (Å²) in [6.45, 7) is 11.4. The van der Waals surface area contributed by atoms with Crippen LogP contribution in [-0.4, -0.2) is 22.2 Å². The van der Waals surface area contributed by atoms with Crippen molar-refractivity contribution < 1.29 is 19.8 Å². The smallest absolute Gasteiger partial charge is 0.313 e. The monoisotopic (exact) mass is 308 g/mol. The van der Waals surface area contributed by atoms with Gasteiger partial charge in [0.2, 0.25) is 0 Å². The highest BCUT2D eigenvalue weighted by molar-refractivity contribution is 5.83. The third kappa shape index (κ3) is 2.83. The van der Waals surface area contributed by atoms with Crippen molar-refractivity contribution in [3.8, 4) is 0 Å². The van der Waals surface area contributed by atoms with Gasteiger partial charge in [0, 0.05) is 0 Å². The van der Waals surface area contributed by atoms with Gasteiger partial charge in [0.15, 0.2) is 0 Å². The summed E-state index contributed by atoms with van der Waals surface area (Å²) in [6, 6.07) is 0. The molecule has 1 aliphatic rings. The molecular weight excluding hydrogens is 280 g/mol. The van der Waals surface area contributed by atoms with Crippen LogP contribution < -0.4 is 0 Å². The van der Waals surface area contributed by atoms with Crippen molar-refractivity contribution in [2.75, 3.05) is 0 Å². The van der Waals surface area contributed by atoms with E-state index in [0.717, 1.165) is 5.57 Å².